The topological polar surface area (TPSA) is 54.7 Å². The number of rotatable bonds is 2. The predicted molar refractivity (Wildman–Crippen MR) is 92.1 cm³/mol. The van der Waals surface area contributed by atoms with Crippen molar-refractivity contribution in [2.45, 2.75) is 0 Å². The zero-order valence-corrected chi connectivity index (χ0v) is 15.0. The molecule has 3 N–H and O–H groups in total. The smallest absolute Gasteiger partial charge is 0.153 e. The monoisotopic (exact) mass is 449 g/mol. The average Bonchev–Trinajstić information content (AvgIpc) is 2.93. The lowest BCUT2D eigenvalue weighted by Crippen LogP contribution is -1.92. The van der Waals surface area contributed by atoms with Crippen molar-refractivity contribution in [1.29, 1.82) is 0 Å². The summed E-state index contributed by atoms with van der Waals surface area (Å²) in [7, 11) is 0. The number of nitrogens with zero attached hydrogens (tertiary/aromatic N) is 1. The maximum Gasteiger partial charge on any atom is 0.153 e. The zero-order valence-electron chi connectivity index (χ0n) is 10.3. The molecule has 0 saturated heterocycles. The molecule has 0 atom stereocenters. The van der Waals surface area contributed by atoms with E-state index in [0.29, 0.717) is 11.3 Å². The van der Waals surface area contributed by atoms with Crippen LogP contribution in [0.4, 0.5) is 10.2 Å². The number of nitrogen functional groups attached to an aromatic ring is 1. The second-order valence-electron chi connectivity index (χ2n) is 4.19. The van der Waals surface area contributed by atoms with Gasteiger partial charge in [-0.1, -0.05) is 17.7 Å². The summed E-state index contributed by atoms with van der Waals surface area (Å²) in [6.07, 6.45) is 0. The minimum Gasteiger partial charge on any atom is -0.382 e. The van der Waals surface area contributed by atoms with Crippen molar-refractivity contribution >= 4 is 60.6 Å². The average molecular weight is 452 g/mol. The number of hydrogen-bond donors (Lipinski definition) is 2. The van der Waals surface area contributed by atoms with Gasteiger partial charge in [-0.2, -0.15) is 5.10 Å². The summed E-state index contributed by atoms with van der Waals surface area (Å²) in [6, 6.07) is 6.42. The third-order valence-corrected chi connectivity index (χ3v) is 5.59. The Labute approximate surface area is 145 Å². The van der Waals surface area contributed by atoms with Crippen molar-refractivity contribution in [3.63, 3.8) is 0 Å². The Morgan fingerprint density at radius 2 is 2.05 bits per heavy atom. The van der Waals surface area contributed by atoms with E-state index in [1.807, 2.05) is 6.07 Å². The molecule has 0 amide bonds. The SMILES string of the molecule is Nc1n[nH]c(-c2cc(Br)sc2Br)c1-c1c(F)cccc1Cl. The number of H-pyrrole nitrogens is 1. The minimum absolute atomic E-state index is 0.200. The predicted octanol–water partition coefficient (Wildman–Crippen LogP) is 5.70. The highest BCUT2D eigenvalue weighted by Gasteiger charge is 2.22. The first-order chi connectivity index (χ1) is 9.99. The van der Waals surface area contributed by atoms with Gasteiger partial charge in [-0.05, 0) is 50.1 Å². The quantitative estimate of drug-likeness (QED) is 0.525. The molecule has 3 aromatic rings. The van der Waals surface area contributed by atoms with E-state index in [2.05, 4.69) is 42.1 Å². The van der Waals surface area contributed by atoms with Crippen LogP contribution in [0.5, 0.6) is 0 Å². The van der Waals surface area contributed by atoms with E-state index in [1.54, 1.807) is 12.1 Å². The number of thiophene rings is 1. The molecule has 3 nitrogen and oxygen atoms in total. The second kappa shape index (κ2) is 5.72. The Morgan fingerprint density at radius 3 is 2.67 bits per heavy atom. The van der Waals surface area contributed by atoms with Gasteiger partial charge in [0.1, 0.15) is 5.82 Å². The molecular weight excluding hydrogens is 444 g/mol. The summed E-state index contributed by atoms with van der Waals surface area (Å²) in [4.78, 5) is 0. The van der Waals surface area contributed by atoms with Gasteiger partial charge in [0, 0.05) is 11.1 Å². The third kappa shape index (κ3) is 2.63. The molecule has 0 unspecified atom stereocenters. The summed E-state index contributed by atoms with van der Waals surface area (Å²) in [6.45, 7) is 0. The fourth-order valence-corrected chi connectivity index (χ4v) is 5.13. The Bertz CT molecular complexity index is 811. The number of aromatic amines is 1. The van der Waals surface area contributed by atoms with Crippen molar-refractivity contribution in [1.82, 2.24) is 10.2 Å². The van der Waals surface area contributed by atoms with Crippen LogP contribution in [0.3, 0.4) is 0 Å². The van der Waals surface area contributed by atoms with E-state index in [0.717, 1.165) is 13.1 Å². The van der Waals surface area contributed by atoms with Crippen LogP contribution in [-0.2, 0) is 0 Å². The molecule has 0 aliphatic carbocycles. The summed E-state index contributed by atoms with van der Waals surface area (Å²) in [5.74, 6) is -0.242. The van der Waals surface area contributed by atoms with Crippen LogP contribution in [0.15, 0.2) is 31.8 Å². The third-order valence-electron chi connectivity index (χ3n) is 2.93. The minimum atomic E-state index is -0.442. The molecule has 8 heteroatoms. The summed E-state index contributed by atoms with van der Waals surface area (Å²) in [5.41, 5.74) is 8.08. The number of halogens is 4. The number of benzene rings is 1. The number of anilines is 1. The largest absolute Gasteiger partial charge is 0.382 e. The normalized spacial score (nSPS) is 11.0. The maximum absolute atomic E-state index is 14.2. The van der Waals surface area contributed by atoms with E-state index in [4.69, 9.17) is 17.3 Å². The lowest BCUT2D eigenvalue weighted by molar-refractivity contribution is 0.631. The molecule has 0 radical (unpaired) electrons. The lowest BCUT2D eigenvalue weighted by Gasteiger charge is -2.07. The fraction of sp³-hybridized carbons (Fsp3) is 0. The Kier molecular flexibility index (Phi) is 4.09. The molecule has 0 saturated carbocycles. The molecule has 0 bridgehead atoms. The van der Waals surface area contributed by atoms with Gasteiger partial charge in [-0.15, -0.1) is 11.3 Å². The van der Waals surface area contributed by atoms with Gasteiger partial charge in [-0.25, -0.2) is 4.39 Å². The molecule has 2 aromatic heterocycles. The zero-order chi connectivity index (χ0) is 15.1. The highest BCUT2D eigenvalue weighted by Crippen LogP contribution is 2.45. The van der Waals surface area contributed by atoms with Crippen LogP contribution >= 0.6 is 54.8 Å². The van der Waals surface area contributed by atoms with Crippen molar-refractivity contribution in [2.75, 3.05) is 5.73 Å². The molecule has 0 aliphatic rings. The highest BCUT2D eigenvalue weighted by molar-refractivity contribution is 9.12. The summed E-state index contributed by atoms with van der Waals surface area (Å²) >= 11 is 14.5. The Balaban J connectivity index is 2.30. The first-order valence-electron chi connectivity index (χ1n) is 5.72. The maximum atomic E-state index is 14.2. The Morgan fingerprint density at radius 1 is 1.29 bits per heavy atom. The number of nitrogens with two attached hydrogens (primary N) is 1. The van der Waals surface area contributed by atoms with Crippen molar-refractivity contribution in [3.8, 4) is 22.4 Å². The van der Waals surface area contributed by atoms with Crippen LogP contribution < -0.4 is 5.73 Å². The molecule has 3 rings (SSSR count). The first-order valence-corrected chi connectivity index (χ1v) is 8.50. The van der Waals surface area contributed by atoms with E-state index in [-0.39, 0.29) is 16.4 Å². The van der Waals surface area contributed by atoms with Gasteiger partial charge < -0.3 is 5.73 Å². The van der Waals surface area contributed by atoms with E-state index >= 15 is 0 Å². The van der Waals surface area contributed by atoms with Gasteiger partial charge in [0.2, 0.25) is 0 Å². The fourth-order valence-electron chi connectivity index (χ4n) is 2.05. The molecule has 108 valence electrons. The molecule has 21 heavy (non-hydrogen) atoms. The van der Waals surface area contributed by atoms with Gasteiger partial charge >= 0.3 is 0 Å². The van der Waals surface area contributed by atoms with Crippen molar-refractivity contribution < 1.29 is 4.39 Å². The van der Waals surface area contributed by atoms with Gasteiger partial charge in [0.15, 0.2) is 5.82 Å². The summed E-state index contributed by atoms with van der Waals surface area (Å²) in [5, 5.41) is 7.14. The van der Waals surface area contributed by atoms with E-state index in [9.17, 15) is 4.39 Å². The highest BCUT2D eigenvalue weighted by atomic mass is 79.9. The van der Waals surface area contributed by atoms with Crippen LogP contribution in [0.1, 0.15) is 0 Å². The second-order valence-corrected chi connectivity index (χ2v) is 8.35. The van der Waals surface area contributed by atoms with Crippen molar-refractivity contribution in [2.24, 2.45) is 0 Å². The Hall–Kier alpha value is -0.890. The standard InChI is InChI=1S/C13H7Br2ClFN3S/c14-8-4-5(12(15)21-8)11-10(13(18)20-19-11)9-6(16)2-1-3-7(9)17/h1-4H,(H3,18,19,20). The van der Waals surface area contributed by atoms with Crippen LogP contribution in [0, 0.1) is 5.82 Å². The van der Waals surface area contributed by atoms with Crippen LogP contribution in [0.25, 0.3) is 22.4 Å². The molecule has 0 fully saturated rings. The molecule has 1 aromatic carbocycles. The number of nitrogens with one attached hydrogen (secondary N) is 1. The van der Waals surface area contributed by atoms with Gasteiger partial charge in [0.05, 0.1) is 23.9 Å². The number of hydrogen-bond acceptors (Lipinski definition) is 3. The first kappa shape index (κ1) is 15.0. The lowest BCUT2D eigenvalue weighted by atomic mass is 10.0. The molecular formula is C13H7Br2ClFN3S. The van der Waals surface area contributed by atoms with Crippen LogP contribution in [0.2, 0.25) is 5.02 Å². The van der Waals surface area contributed by atoms with E-state index in [1.165, 1.54) is 17.4 Å². The van der Waals surface area contributed by atoms with Gasteiger partial charge in [0.25, 0.3) is 0 Å². The molecule has 0 spiro atoms. The summed E-state index contributed by atoms with van der Waals surface area (Å²) < 4.78 is 16.0. The van der Waals surface area contributed by atoms with Crippen LogP contribution in [-0.4, -0.2) is 10.2 Å². The van der Waals surface area contributed by atoms with Crippen molar-refractivity contribution in [3.05, 3.63) is 42.7 Å². The van der Waals surface area contributed by atoms with Gasteiger partial charge in [-0.3, -0.25) is 5.10 Å². The molecule has 0 aliphatic heterocycles. The van der Waals surface area contributed by atoms with E-state index < -0.39 is 5.82 Å². The number of aromatic nitrogens is 2. The molecule has 2 heterocycles.